The lowest BCUT2D eigenvalue weighted by molar-refractivity contribution is 0.0124. The minimum atomic E-state index is -0.907. The number of carbonyl (C=O) groups is 1. The third-order valence-corrected chi connectivity index (χ3v) is 2.46. The van der Waals surface area contributed by atoms with Crippen LogP contribution in [0.2, 0.25) is 0 Å². The van der Waals surface area contributed by atoms with Gasteiger partial charge in [-0.05, 0) is 33.6 Å². The molecule has 1 amide bonds. The fourth-order valence-corrected chi connectivity index (χ4v) is 1.78. The van der Waals surface area contributed by atoms with Gasteiger partial charge in [0.25, 0.3) is 0 Å². The topological polar surface area (TPSA) is 49.8 Å². The zero-order valence-electron chi connectivity index (χ0n) is 10.1. The van der Waals surface area contributed by atoms with Gasteiger partial charge in [0.2, 0.25) is 0 Å². The molecule has 0 aromatic heterocycles. The van der Waals surface area contributed by atoms with Crippen molar-refractivity contribution in [3.63, 3.8) is 0 Å². The van der Waals surface area contributed by atoms with E-state index in [2.05, 4.69) is 5.92 Å². The quantitative estimate of drug-likeness (QED) is 0.686. The van der Waals surface area contributed by atoms with Crippen LogP contribution in [0, 0.1) is 12.3 Å². The Kier molecular flexibility index (Phi) is 3.82. The van der Waals surface area contributed by atoms with E-state index in [-0.39, 0.29) is 6.04 Å². The van der Waals surface area contributed by atoms with Crippen molar-refractivity contribution in [2.75, 3.05) is 6.54 Å². The predicted octanol–water partition coefficient (Wildman–Crippen LogP) is 1.38. The van der Waals surface area contributed by atoms with Crippen LogP contribution in [0.3, 0.4) is 0 Å². The van der Waals surface area contributed by atoms with Crippen LogP contribution in [0.15, 0.2) is 0 Å². The van der Waals surface area contributed by atoms with E-state index in [1.54, 1.807) is 0 Å². The van der Waals surface area contributed by atoms with Gasteiger partial charge in [-0.2, -0.15) is 0 Å². The number of hydrogen-bond acceptors (Lipinski definition) is 3. The lowest BCUT2D eigenvalue weighted by atomic mass is 10.1. The Hall–Kier alpha value is -1.21. The number of terminal acetylenes is 1. The molecule has 2 unspecified atom stereocenters. The number of aliphatic hydroxyl groups is 1. The molecule has 0 radical (unpaired) electrons. The molecule has 1 rings (SSSR count). The van der Waals surface area contributed by atoms with Gasteiger partial charge in [0.05, 0.1) is 6.04 Å². The van der Waals surface area contributed by atoms with Gasteiger partial charge in [0.15, 0.2) is 0 Å². The molecular weight excluding hydrogens is 206 g/mol. The number of rotatable bonds is 1. The van der Waals surface area contributed by atoms with Gasteiger partial charge >= 0.3 is 6.09 Å². The SMILES string of the molecule is C#CC(O)C1CCCN1C(=O)OC(C)(C)C. The molecule has 1 fully saturated rings. The van der Waals surface area contributed by atoms with Crippen LogP contribution in [0.1, 0.15) is 33.6 Å². The van der Waals surface area contributed by atoms with Gasteiger partial charge < -0.3 is 14.7 Å². The summed E-state index contributed by atoms with van der Waals surface area (Å²) < 4.78 is 5.25. The average molecular weight is 225 g/mol. The summed E-state index contributed by atoms with van der Waals surface area (Å²) >= 11 is 0. The summed E-state index contributed by atoms with van der Waals surface area (Å²) in [6.45, 7) is 6.03. The van der Waals surface area contributed by atoms with Gasteiger partial charge in [-0.15, -0.1) is 6.42 Å². The van der Waals surface area contributed by atoms with Crippen molar-refractivity contribution in [3.05, 3.63) is 0 Å². The first-order chi connectivity index (χ1) is 7.35. The second-order valence-corrected chi connectivity index (χ2v) is 4.99. The highest BCUT2D eigenvalue weighted by Crippen LogP contribution is 2.22. The molecule has 4 nitrogen and oxygen atoms in total. The fourth-order valence-electron chi connectivity index (χ4n) is 1.78. The summed E-state index contributed by atoms with van der Waals surface area (Å²) in [4.78, 5) is 13.3. The van der Waals surface area contributed by atoms with Gasteiger partial charge in [0, 0.05) is 6.54 Å². The Morgan fingerprint density at radius 3 is 2.75 bits per heavy atom. The molecule has 90 valence electrons. The zero-order chi connectivity index (χ0) is 12.3. The molecule has 16 heavy (non-hydrogen) atoms. The van der Waals surface area contributed by atoms with Crippen molar-refractivity contribution < 1.29 is 14.6 Å². The number of hydrogen-bond donors (Lipinski definition) is 1. The van der Waals surface area contributed by atoms with E-state index in [4.69, 9.17) is 11.2 Å². The zero-order valence-corrected chi connectivity index (χ0v) is 10.1. The molecule has 4 heteroatoms. The van der Waals surface area contributed by atoms with E-state index in [0.717, 1.165) is 12.8 Å². The van der Waals surface area contributed by atoms with Crippen molar-refractivity contribution in [2.24, 2.45) is 0 Å². The molecule has 1 aliphatic rings. The Morgan fingerprint density at radius 1 is 1.62 bits per heavy atom. The third kappa shape index (κ3) is 3.14. The van der Waals surface area contributed by atoms with E-state index >= 15 is 0 Å². The molecule has 1 aliphatic heterocycles. The Bertz CT molecular complexity index is 300. The lowest BCUT2D eigenvalue weighted by Crippen LogP contribution is -2.44. The third-order valence-electron chi connectivity index (χ3n) is 2.46. The van der Waals surface area contributed by atoms with Crippen molar-refractivity contribution in [3.8, 4) is 12.3 Å². The maximum atomic E-state index is 11.8. The molecule has 0 spiro atoms. The number of nitrogens with zero attached hydrogens (tertiary/aromatic N) is 1. The number of carbonyl (C=O) groups excluding carboxylic acids is 1. The highest BCUT2D eigenvalue weighted by molar-refractivity contribution is 5.69. The molecule has 0 bridgehead atoms. The van der Waals surface area contributed by atoms with E-state index in [1.807, 2.05) is 20.8 Å². The first-order valence-corrected chi connectivity index (χ1v) is 5.49. The van der Waals surface area contributed by atoms with Crippen molar-refractivity contribution in [1.29, 1.82) is 0 Å². The van der Waals surface area contributed by atoms with Crippen molar-refractivity contribution in [1.82, 2.24) is 4.90 Å². The molecule has 2 atom stereocenters. The normalized spacial score (nSPS) is 22.7. The lowest BCUT2D eigenvalue weighted by Gasteiger charge is -2.29. The van der Waals surface area contributed by atoms with Crippen molar-refractivity contribution in [2.45, 2.75) is 51.4 Å². The van der Waals surface area contributed by atoms with Crippen LogP contribution in [-0.4, -0.2) is 40.4 Å². The number of amides is 1. The van der Waals surface area contributed by atoms with E-state index in [9.17, 15) is 9.90 Å². The molecule has 0 aromatic rings. The highest BCUT2D eigenvalue weighted by Gasteiger charge is 2.35. The van der Waals surface area contributed by atoms with E-state index in [1.165, 1.54) is 4.90 Å². The Morgan fingerprint density at radius 2 is 2.25 bits per heavy atom. The summed E-state index contributed by atoms with van der Waals surface area (Å²) in [5.74, 6) is 2.26. The number of likely N-dealkylation sites (tertiary alicyclic amines) is 1. The summed E-state index contributed by atoms with van der Waals surface area (Å²) in [6.07, 6.45) is 5.43. The molecule has 0 saturated carbocycles. The Labute approximate surface area is 96.6 Å². The summed E-state index contributed by atoms with van der Waals surface area (Å²) in [6, 6.07) is -0.306. The first-order valence-electron chi connectivity index (χ1n) is 5.49. The number of aliphatic hydroxyl groups excluding tert-OH is 1. The maximum Gasteiger partial charge on any atom is 0.410 e. The Balaban J connectivity index is 2.65. The predicted molar refractivity (Wildman–Crippen MR) is 60.8 cm³/mol. The minimum Gasteiger partial charge on any atom is -0.444 e. The molecule has 1 saturated heterocycles. The van der Waals surface area contributed by atoms with Gasteiger partial charge in [0.1, 0.15) is 11.7 Å². The fraction of sp³-hybridized carbons (Fsp3) is 0.750. The molecule has 0 aromatic carbocycles. The summed E-state index contributed by atoms with van der Waals surface area (Å²) in [5, 5.41) is 9.59. The molecular formula is C12H19NO3. The largest absolute Gasteiger partial charge is 0.444 e. The van der Waals surface area contributed by atoms with Crippen LogP contribution in [0.5, 0.6) is 0 Å². The van der Waals surface area contributed by atoms with Gasteiger partial charge in [-0.1, -0.05) is 5.92 Å². The summed E-state index contributed by atoms with van der Waals surface area (Å²) in [5.41, 5.74) is -0.523. The van der Waals surface area contributed by atoms with Crippen LogP contribution >= 0.6 is 0 Å². The molecule has 1 N–H and O–H groups in total. The standard InChI is InChI=1S/C12H19NO3/c1-5-10(14)9-7-6-8-13(9)11(15)16-12(2,3)4/h1,9-10,14H,6-8H2,2-4H3. The second-order valence-electron chi connectivity index (χ2n) is 4.99. The smallest absolute Gasteiger partial charge is 0.410 e. The van der Waals surface area contributed by atoms with E-state index < -0.39 is 17.8 Å². The van der Waals surface area contributed by atoms with Crippen LogP contribution in [0.25, 0.3) is 0 Å². The monoisotopic (exact) mass is 225 g/mol. The molecule has 1 heterocycles. The summed E-state index contributed by atoms with van der Waals surface area (Å²) in [7, 11) is 0. The average Bonchev–Trinajstić information content (AvgIpc) is 2.62. The highest BCUT2D eigenvalue weighted by atomic mass is 16.6. The number of ether oxygens (including phenoxy) is 1. The minimum absolute atomic E-state index is 0.306. The van der Waals surface area contributed by atoms with Crippen LogP contribution in [-0.2, 0) is 4.74 Å². The van der Waals surface area contributed by atoms with Crippen LogP contribution in [0.4, 0.5) is 4.79 Å². The van der Waals surface area contributed by atoms with Crippen molar-refractivity contribution >= 4 is 6.09 Å². The second kappa shape index (κ2) is 4.75. The van der Waals surface area contributed by atoms with E-state index in [0.29, 0.717) is 6.54 Å². The van der Waals surface area contributed by atoms with Gasteiger partial charge in [-0.3, -0.25) is 0 Å². The maximum absolute atomic E-state index is 11.8. The van der Waals surface area contributed by atoms with Crippen LogP contribution < -0.4 is 0 Å². The molecule has 0 aliphatic carbocycles. The van der Waals surface area contributed by atoms with Gasteiger partial charge in [-0.25, -0.2) is 4.79 Å². The first kappa shape index (κ1) is 12.9.